The van der Waals surface area contributed by atoms with Crippen molar-refractivity contribution in [1.29, 1.82) is 0 Å². The molecule has 0 radical (unpaired) electrons. The molecule has 4 aromatic rings. The average molecular weight is 684 g/mol. The number of aliphatic carboxylic acids is 1. The highest BCUT2D eigenvalue weighted by Crippen LogP contribution is 2.41. The molecular formula is C25H21N11O9S2. The SMILES string of the molecule is Nc1nc(/C(=N/OCc2ncc(O)c(=O)[nH]2)C(=O)N[C@@H]2C(=O)N3C(C(=O)O)=C(Cn4nnnc4-c4ccc(O)c(O)c4)CS[C@H]23)cs1. The molecule has 242 valence electrons. The number of nitrogen functional groups attached to an aromatic ring is 1. The quantitative estimate of drug-likeness (QED) is 0.0453. The van der Waals surface area contributed by atoms with Crippen LogP contribution in [0.3, 0.4) is 0 Å². The second-order valence-corrected chi connectivity index (χ2v) is 11.8. The van der Waals surface area contributed by atoms with Gasteiger partial charge >= 0.3 is 5.97 Å². The maximum Gasteiger partial charge on any atom is 0.352 e. The predicted molar refractivity (Wildman–Crippen MR) is 161 cm³/mol. The van der Waals surface area contributed by atoms with Gasteiger partial charge in [-0.15, -0.1) is 28.2 Å². The highest BCUT2D eigenvalue weighted by atomic mass is 32.2. The number of hydrogen-bond acceptors (Lipinski definition) is 17. The smallest absolute Gasteiger partial charge is 0.352 e. The zero-order chi connectivity index (χ0) is 33.4. The van der Waals surface area contributed by atoms with E-state index in [4.69, 9.17) is 10.6 Å². The van der Waals surface area contributed by atoms with Crippen LogP contribution in [0.2, 0.25) is 0 Å². The lowest BCUT2D eigenvalue weighted by molar-refractivity contribution is -0.150. The Morgan fingerprint density at radius 3 is 2.70 bits per heavy atom. The number of nitrogens with zero attached hydrogens (tertiary/aromatic N) is 8. The number of β-lactam (4-membered cyclic amide) rings is 1. The molecule has 2 aliphatic heterocycles. The van der Waals surface area contributed by atoms with Gasteiger partial charge in [0.15, 0.2) is 40.5 Å². The molecule has 1 saturated heterocycles. The number of phenols is 2. The van der Waals surface area contributed by atoms with Gasteiger partial charge in [-0.05, 0) is 34.2 Å². The molecule has 2 aliphatic rings. The zero-order valence-corrected chi connectivity index (χ0v) is 25.1. The average Bonchev–Trinajstić information content (AvgIpc) is 3.69. The maximum absolute atomic E-state index is 13.4. The second kappa shape index (κ2) is 12.4. The zero-order valence-electron chi connectivity index (χ0n) is 23.5. The molecule has 0 saturated carbocycles. The number of phenolic OH excluding ortho intramolecular Hbond substituents is 2. The number of carbonyl (C=O) groups excluding carboxylic acids is 2. The Balaban J connectivity index is 1.20. The number of aromatic nitrogens is 7. The van der Waals surface area contributed by atoms with Gasteiger partial charge in [-0.1, -0.05) is 5.16 Å². The van der Waals surface area contributed by atoms with Gasteiger partial charge in [0.2, 0.25) is 0 Å². The normalized spacial score (nSPS) is 17.7. The fourth-order valence-electron chi connectivity index (χ4n) is 4.63. The van der Waals surface area contributed by atoms with Gasteiger partial charge in [0.05, 0.1) is 12.7 Å². The highest BCUT2D eigenvalue weighted by Gasteiger charge is 2.54. The van der Waals surface area contributed by atoms with Crippen LogP contribution in [0.1, 0.15) is 11.5 Å². The van der Waals surface area contributed by atoms with Crippen LogP contribution in [-0.4, -0.2) is 101 Å². The number of thioether (sulfide) groups is 1. The predicted octanol–water partition coefficient (Wildman–Crippen LogP) is -1.06. The van der Waals surface area contributed by atoms with E-state index in [-0.39, 0.29) is 51.9 Å². The third kappa shape index (κ3) is 6.00. The third-order valence-electron chi connectivity index (χ3n) is 6.81. The van der Waals surface area contributed by atoms with Crippen molar-refractivity contribution in [2.24, 2.45) is 5.16 Å². The minimum Gasteiger partial charge on any atom is -0.504 e. The number of benzene rings is 1. The lowest BCUT2D eigenvalue weighted by atomic mass is 10.0. The van der Waals surface area contributed by atoms with Crippen LogP contribution in [-0.2, 0) is 32.4 Å². The van der Waals surface area contributed by atoms with Crippen LogP contribution in [0, 0.1) is 0 Å². The summed E-state index contributed by atoms with van der Waals surface area (Å²) in [6.45, 7) is -0.514. The van der Waals surface area contributed by atoms with Crippen molar-refractivity contribution in [2.45, 2.75) is 24.6 Å². The number of anilines is 1. The molecule has 0 spiro atoms. The molecule has 0 unspecified atom stereocenters. The Morgan fingerprint density at radius 2 is 2.00 bits per heavy atom. The summed E-state index contributed by atoms with van der Waals surface area (Å²) in [6, 6.07) is 2.83. The third-order valence-corrected chi connectivity index (χ3v) is 8.83. The highest BCUT2D eigenvalue weighted by molar-refractivity contribution is 8.00. The number of rotatable bonds is 10. The molecule has 5 heterocycles. The van der Waals surface area contributed by atoms with Crippen molar-refractivity contribution < 1.29 is 39.6 Å². The number of aromatic amines is 1. The van der Waals surface area contributed by atoms with Crippen LogP contribution < -0.4 is 16.6 Å². The van der Waals surface area contributed by atoms with Crippen molar-refractivity contribution in [1.82, 2.24) is 45.4 Å². The largest absolute Gasteiger partial charge is 0.504 e. The first-order valence-corrected chi connectivity index (χ1v) is 15.1. The molecule has 20 nitrogen and oxygen atoms in total. The van der Waals surface area contributed by atoms with Crippen molar-refractivity contribution in [2.75, 3.05) is 11.5 Å². The minimum atomic E-state index is -1.38. The molecule has 47 heavy (non-hydrogen) atoms. The number of fused-ring (bicyclic) bond motifs is 1. The van der Waals surface area contributed by atoms with Gasteiger partial charge in [-0.3, -0.25) is 19.3 Å². The number of carbonyl (C=O) groups is 3. The number of H-pyrrole nitrogens is 1. The Hall–Kier alpha value is -6.03. The first-order chi connectivity index (χ1) is 22.5. The van der Waals surface area contributed by atoms with E-state index in [1.165, 1.54) is 40.0 Å². The Bertz CT molecular complexity index is 2040. The Kier molecular flexibility index (Phi) is 8.17. The summed E-state index contributed by atoms with van der Waals surface area (Å²) in [5.41, 5.74) is 4.96. The van der Waals surface area contributed by atoms with E-state index in [1.807, 2.05) is 0 Å². The molecule has 8 N–H and O–H groups in total. The second-order valence-electron chi connectivity index (χ2n) is 9.81. The summed E-state index contributed by atoms with van der Waals surface area (Å²) in [5.74, 6) is -3.99. The maximum atomic E-state index is 13.4. The van der Waals surface area contributed by atoms with E-state index < -0.39 is 52.9 Å². The van der Waals surface area contributed by atoms with Gasteiger partial charge in [-0.25, -0.2) is 19.4 Å². The number of nitrogens with two attached hydrogens (primary N) is 1. The van der Waals surface area contributed by atoms with E-state index in [0.717, 1.165) is 22.4 Å². The summed E-state index contributed by atoms with van der Waals surface area (Å²) in [5, 5.41) is 57.6. The fourth-order valence-corrected chi connectivity index (χ4v) is 6.52. The summed E-state index contributed by atoms with van der Waals surface area (Å²) >= 11 is 2.22. The summed E-state index contributed by atoms with van der Waals surface area (Å²) in [6.07, 6.45) is 0.917. The molecule has 22 heteroatoms. The fraction of sp³-hybridized carbons (Fsp3) is 0.200. The van der Waals surface area contributed by atoms with Gasteiger partial charge in [0.25, 0.3) is 17.4 Å². The topological polar surface area (TPSA) is 297 Å². The van der Waals surface area contributed by atoms with Crippen molar-refractivity contribution in [3.8, 4) is 28.6 Å². The van der Waals surface area contributed by atoms with Gasteiger partial charge < -0.3 is 41.3 Å². The number of nitrogens with one attached hydrogen (secondary N) is 2. The summed E-state index contributed by atoms with van der Waals surface area (Å²) < 4.78 is 1.29. The van der Waals surface area contributed by atoms with Crippen LogP contribution in [0.5, 0.6) is 17.2 Å². The molecule has 0 bridgehead atoms. The van der Waals surface area contributed by atoms with Crippen LogP contribution >= 0.6 is 23.1 Å². The molecule has 2 atom stereocenters. The number of aromatic hydroxyl groups is 3. The monoisotopic (exact) mass is 683 g/mol. The lowest BCUT2D eigenvalue weighted by Gasteiger charge is -2.49. The van der Waals surface area contributed by atoms with Crippen molar-refractivity contribution in [3.05, 3.63) is 62.9 Å². The molecular weight excluding hydrogens is 662 g/mol. The van der Waals surface area contributed by atoms with Gasteiger partial charge in [-0.2, -0.15) is 0 Å². The van der Waals surface area contributed by atoms with E-state index in [0.29, 0.717) is 11.1 Å². The van der Waals surface area contributed by atoms with Crippen LogP contribution in [0.4, 0.5) is 5.13 Å². The Labute approximate surface area is 269 Å². The number of amides is 2. The molecule has 0 aliphatic carbocycles. The number of oxime groups is 1. The minimum absolute atomic E-state index is 0.00341. The number of carboxylic acid groups (broad SMARTS) is 1. The van der Waals surface area contributed by atoms with E-state index >= 15 is 0 Å². The van der Waals surface area contributed by atoms with E-state index in [9.17, 15) is 39.6 Å². The number of tetrazole rings is 1. The molecule has 2 amide bonds. The first kappa shape index (κ1) is 31.0. The van der Waals surface area contributed by atoms with Crippen molar-refractivity contribution in [3.63, 3.8) is 0 Å². The van der Waals surface area contributed by atoms with Gasteiger partial charge in [0.1, 0.15) is 28.6 Å². The molecule has 1 fully saturated rings. The first-order valence-electron chi connectivity index (χ1n) is 13.2. The molecule has 1 aromatic carbocycles. The summed E-state index contributed by atoms with van der Waals surface area (Å²) in [4.78, 5) is 67.0. The number of thiazole rings is 1. The van der Waals surface area contributed by atoms with Crippen LogP contribution in [0.25, 0.3) is 11.4 Å². The van der Waals surface area contributed by atoms with E-state index in [2.05, 4.69) is 40.9 Å². The number of carboxylic acids is 1. The molecule has 6 rings (SSSR count). The standard InChI is InChI=1S/C25H21N11O9S2/c26-25-28-11(8-47-25)16(32-45-6-15-27-4-14(39)20(40)29-15)21(41)30-17-22(42)36-18(24(43)44)10(7-46-23(17)36)5-35-19(31-33-34-35)9-1-2-12(37)13(38)3-9/h1-4,8,17,23,37-39H,5-7H2,(H2,26,28)(H,30,41)(H,43,44)(H,27,29,40)/b32-16-/t17-,23-/m1/s1. The lowest BCUT2D eigenvalue weighted by Crippen LogP contribution is -2.71. The summed E-state index contributed by atoms with van der Waals surface area (Å²) in [7, 11) is 0. The van der Waals surface area contributed by atoms with Crippen molar-refractivity contribution >= 4 is 51.7 Å². The number of hydrogen-bond donors (Lipinski definition) is 7. The van der Waals surface area contributed by atoms with E-state index in [1.54, 1.807) is 0 Å². The van der Waals surface area contributed by atoms with Crippen LogP contribution in [0.15, 0.2) is 51.0 Å². The van der Waals surface area contributed by atoms with Gasteiger partial charge in [0, 0.05) is 16.7 Å². The molecule has 3 aromatic heterocycles. The Morgan fingerprint density at radius 1 is 1.19 bits per heavy atom.